The highest BCUT2D eigenvalue weighted by Gasteiger charge is 2.24. The number of cyclic esters (lactones) is 1. The number of benzene rings is 1. The molecule has 1 aliphatic heterocycles. The van der Waals surface area contributed by atoms with E-state index in [1.54, 1.807) is 18.2 Å². The van der Waals surface area contributed by atoms with Crippen molar-refractivity contribution >= 4 is 33.9 Å². The summed E-state index contributed by atoms with van der Waals surface area (Å²) in [4.78, 5) is 15.9. The molecule has 1 aromatic heterocycles. The summed E-state index contributed by atoms with van der Waals surface area (Å²) in [5.41, 5.74) is 0.968. The summed E-state index contributed by atoms with van der Waals surface area (Å²) in [6.07, 6.45) is 3.08. The number of carbonyl (C=O) groups is 1. The number of nitrogens with zero attached hydrogens (tertiary/aromatic N) is 1. The minimum atomic E-state index is -0.480. The molecular formula is C14H8BrNO3. The molecule has 0 radical (unpaired) electrons. The number of rotatable bonds is 2. The van der Waals surface area contributed by atoms with Crippen LogP contribution in [0.3, 0.4) is 0 Å². The van der Waals surface area contributed by atoms with Crippen molar-refractivity contribution in [2.75, 3.05) is 0 Å². The van der Waals surface area contributed by atoms with Crippen molar-refractivity contribution in [3.8, 4) is 0 Å². The van der Waals surface area contributed by atoms with Crippen molar-refractivity contribution < 1.29 is 13.9 Å². The number of furan rings is 1. The van der Waals surface area contributed by atoms with E-state index < -0.39 is 5.97 Å². The fourth-order valence-corrected chi connectivity index (χ4v) is 2.06. The van der Waals surface area contributed by atoms with Crippen LogP contribution in [0.15, 0.2) is 62.2 Å². The SMILES string of the molecule is O=C1OC(c2cccc(Br)c2)=NC1=Cc1ccco1. The van der Waals surface area contributed by atoms with Crippen molar-refractivity contribution in [2.24, 2.45) is 4.99 Å². The molecule has 2 aromatic rings. The van der Waals surface area contributed by atoms with Gasteiger partial charge in [0.15, 0.2) is 5.70 Å². The quantitative estimate of drug-likeness (QED) is 0.630. The first-order valence-electron chi connectivity index (χ1n) is 5.54. The Morgan fingerprint density at radius 2 is 2.11 bits per heavy atom. The number of ether oxygens (including phenoxy) is 1. The molecule has 0 amide bonds. The summed E-state index contributed by atoms with van der Waals surface area (Å²) in [5, 5.41) is 0. The van der Waals surface area contributed by atoms with Crippen LogP contribution in [0, 0.1) is 0 Å². The summed E-state index contributed by atoms with van der Waals surface area (Å²) in [7, 11) is 0. The zero-order chi connectivity index (χ0) is 13.2. The standard InChI is InChI=1S/C14H8BrNO3/c15-10-4-1-3-9(7-10)13-16-12(14(17)19-13)8-11-5-2-6-18-11/h1-8H. The Morgan fingerprint density at radius 1 is 1.21 bits per heavy atom. The monoisotopic (exact) mass is 317 g/mol. The molecule has 0 fully saturated rings. The molecule has 0 bridgehead atoms. The molecule has 0 spiro atoms. The maximum atomic E-state index is 11.7. The number of hydrogen-bond donors (Lipinski definition) is 0. The smallest absolute Gasteiger partial charge is 0.363 e. The normalized spacial score (nSPS) is 16.6. The van der Waals surface area contributed by atoms with Crippen molar-refractivity contribution in [1.82, 2.24) is 0 Å². The summed E-state index contributed by atoms with van der Waals surface area (Å²) < 4.78 is 11.2. The maximum Gasteiger partial charge on any atom is 0.363 e. The maximum absolute atomic E-state index is 11.7. The van der Waals surface area contributed by atoms with Crippen LogP contribution in [0.25, 0.3) is 6.08 Å². The fourth-order valence-electron chi connectivity index (χ4n) is 1.66. The summed E-state index contributed by atoms with van der Waals surface area (Å²) in [5.74, 6) is 0.377. The Hall–Kier alpha value is -2.14. The summed E-state index contributed by atoms with van der Waals surface area (Å²) in [6, 6.07) is 10.9. The highest BCUT2D eigenvalue weighted by atomic mass is 79.9. The minimum absolute atomic E-state index is 0.227. The van der Waals surface area contributed by atoms with Gasteiger partial charge in [0, 0.05) is 16.1 Å². The zero-order valence-electron chi connectivity index (χ0n) is 9.67. The van der Waals surface area contributed by atoms with Gasteiger partial charge < -0.3 is 9.15 Å². The van der Waals surface area contributed by atoms with Gasteiger partial charge in [0.05, 0.1) is 6.26 Å². The van der Waals surface area contributed by atoms with Gasteiger partial charge in [-0.15, -0.1) is 0 Å². The molecule has 5 heteroatoms. The molecule has 0 atom stereocenters. The lowest BCUT2D eigenvalue weighted by Gasteiger charge is -1.99. The lowest BCUT2D eigenvalue weighted by molar-refractivity contribution is -0.129. The predicted octanol–water partition coefficient (Wildman–Crippen LogP) is 3.39. The average molecular weight is 318 g/mol. The van der Waals surface area contributed by atoms with Crippen LogP contribution >= 0.6 is 15.9 Å². The van der Waals surface area contributed by atoms with Gasteiger partial charge in [0.1, 0.15) is 5.76 Å². The minimum Gasteiger partial charge on any atom is -0.465 e. The Labute approximate surface area is 117 Å². The number of hydrogen-bond acceptors (Lipinski definition) is 4. The van der Waals surface area contributed by atoms with Gasteiger partial charge in [-0.1, -0.05) is 22.0 Å². The molecule has 1 aromatic carbocycles. The first-order chi connectivity index (χ1) is 9.22. The van der Waals surface area contributed by atoms with E-state index in [1.165, 1.54) is 6.26 Å². The van der Waals surface area contributed by atoms with Crippen LogP contribution in [-0.2, 0) is 9.53 Å². The van der Waals surface area contributed by atoms with Crippen LogP contribution in [0.5, 0.6) is 0 Å². The van der Waals surface area contributed by atoms with Crippen LogP contribution < -0.4 is 0 Å². The molecule has 1 aliphatic rings. The molecular weight excluding hydrogens is 310 g/mol. The predicted molar refractivity (Wildman–Crippen MR) is 73.5 cm³/mol. The van der Waals surface area contributed by atoms with Gasteiger partial charge in [-0.3, -0.25) is 0 Å². The van der Waals surface area contributed by atoms with E-state index in [4.69, 9.17) is 9.15 Å². The van der Waals surface area contributed by atoms with E-state index in [2.05, 4.69) is 20.9 Å². The number of halogens is 1. The number of esters is 1. The Bertz CT molecular complexity index is 686. The molecule has 94 valence electrons. The van der Waals surface area contributed by atoms with Gasteiger partial charge in [-0.05, 0) is 30.3 Å². The van der Waals surface area contributed by atoms with Crippen LogP contribution in [0.4, 0.5) is 0 Å². The van der Waals surface area contributed by atoms with Crippen molar-refractivity contribution in [1.29, 1.82) is 0 Å². The first-order valence-corrected chi connectivity index (χ1v) is 6.34. The van der Waals surface area contributed by atoms with Gasteiger partial charge in [0.25, 0.3) is 0 Å². The van der Waals surface area contributed by atoms with Crippen LogP contribution in [-0.4, -0.2) is 11.9 Å². The summed E-state index contributed by atoms with van der Waals surface area (Å²) in [6.45, 7) is 0. The third-order valence-corrected chi connectivity index (χ3v) is 3.01. The Balaban J connectivity index is 1.95. The van der Waals surface area contributed by atoms with Gasteiger partial charge >= 0.3 is 5.97 Å². The topological polar surface area (TPSA) is 51.8 Å². The number of carbonyl (C=O) groups excluding carboxylic acids is 1. The molecule has 0 aliphatic carbocycles. The van der Waals surface area contributed by atoms with Gasteiger partial charge in [0.2, 0.25) is 5.90 Å². The second-order valence-electron chi connectivity index (χ2n) is 3.86. The average Bonchev–Trinajstić information content (AvgIpc) is 3.01. The lowest BCUT2D eigenvalue weighted by Crippen LogP contribution is -2.05. The van der Waals surface area contributed by atoms with Crippen molar-refractivity contribution in [3.05, 3.63) is 64.2 Å². The largest absolute Gasteiger partial charge is 0.465 e. The number of aliphatic imine (C=N–C) groups is 1. The van der Waals surface area contributed by atoms with E-state index >= 15 is 0 Å². The van der Waals surface area contributed by atoms with Gasteiger partial charge in [-0.2, -0.15) is 0 Å². The van der Waals surface area contributed by atoms with E-state index in [-0.39, 0.29) is 5.70 Å². The van der Waals surface area contributed by atoms with Crippen molar-refractivity contribution in [3.63, 3.8) is 0 Å². The van der Waals surface area contributed by atoms with E-state index in [1.807, 2.05) is 24.3 Å². The second kappa shape index (κ2) is 4.85. The second-order valence-corrected chi connectivity index (χ2v) is 4.78. The third kappa shape index (κ3) is 2.51. The van der Waals surface area contributed by atoms with E-state index in [0.29, 0.717) is 11.7 Å². The molecule has 0 unspecified atom stereocenters. The highest BCUT2D eigenvalue weighted by Crippen LogP contribution is 2.21. The lowest BCUT2D eigenvalue weighted by atomic mass is 10.2. The van der Waals surface area contributed by atoms with Crippen LogP contribution in [0.1, 0.15) is 11.3 Å². The molecule has 0 saturated carbocycles. The molecule has 3 rings (SSSR count). The van der Waals surface area contributed by atoms with E-state index in [0.717, 1.165) is 10.0 Å². The van der Waals surface area contributed by atoms with E-state index in [9.17, 15) is 4.79 Å². The molecule has 2 heterocycles. The molecule has 4 nitrogen and oxygen atoms in total. The van der Waals surface area contributed by atoms with Gasteiger partial charge in [-0.25, -0.2) is 9.79 Å². The first kappa shape index (κ1) is 11.9. The highest BCUT2D eigenvalue weighted by molar-refractivity contribution is 9.10. The molecule has 0 N–H and O–H groups in total. The van der Waals surface area contributed by atoms with Crippen LogP contribution in [0.2, 0.25) is 0 Å². The fraction of sp³-hybridized carbons (Fsp3) is 0. The molecule has 19 heavy (non-hydrogen) atoms. The Kier molecular flexibility index (Phi) is 3.05. The third-order valence-electron chi connectivity index (χ3n) is 2.51. The van der Waals surface area contributed by atoms with Crippen molar-refractivity contribution in [2.45, 2.75) is 0 Å². The zero-order valence-corrected chi connectivity index (χ0v) is 11.3. The Morgan fingerprint density at radius 3 is 2.84 bits per heavy atom. The molecule has 0 saturated heterocycles. The summed E-state index contributed by atoms with van der Waals surface area (Å²) >= 11 is 3.36.